The number of nitrogens with zero attached hydrogens (tertiary/aromatic N) is 6. The zero-order chi connectivity index (χ0) is 20.5. The van der Waals surface area contributed by atoms with Gasteiger partial charge in [0.15, 0.2) is 11.5 Å². The van der Waals surface area contributed by atoms with Crippen LogP contribution in [0.1, 0.15) is 10.4 Å². The lowest BCUT2D eigenvalue weighted by atomic mass is 10.2. The van der Waals surface area contributed by atoms with Crippen molar-refractivity contribution < 1.29 is 4.79 Å². The molecule has 30 heavy (non-hydrogen) atoms. The SMILES string of the molecule is O=C(Nc1ccccc1-n1ncc2c(=O)[nH]cnc21)c1ccc(-n2cccn2)nc1. The topological polar surface area (TPSA) is 123 Å². The second kappa shape index (κ2) is 7.09. The number of aromatic nitrogens is 7. The van der Waals surface area contributed by atoms with Gasteiger partial charge in [-0.15, -0.1) is 0 Å². The van der Waals surface area contributed by atoms with Crippen molar-refractivity contribution in [3.8, 4) is 11.5 Å². The molecule has 5 aromatic rings. The first-order valence-corrected chi connectivity index (χ1v) is 8.99. The average Bonchev–Trinajstić information content (AvgIpc) is 3.45. The number of carbonyl (C=O) groups is 1. The molecule has 0 radical (unpaired) electrons. The molecule has 4 aromatic heterocycles. The number of fused-ring (bicyclic) bond motifs is 1. The minimum atomic E-state index is -0.329. The second-order valence-corrected chi connectivity index (χ2v) is 6.35. The molecule has 0 saturated heterocycles. The third-order valence-electron chi connectivity index (χ3n) is 4.50. The summed E-state index contributed by atoms with van der Waals surface area (Å²) in [5, 5.41) is 11.6. The molecule has 0 saturated carbocycles. The van der Waals surface area contributed by atoms with E-state index in [-0.39, 0.29) is 11.5 Å². The molecule has 4 heterocycles. The summed E-state index contributed by atoms with van der Waals surface area (Å²) in [5.74, 6) is 0.278. The van der Waals surface area contributed by atoms with Gasteiger partial charge in [0.25, 0.3) is 11.5 Å². The van der Waals surface area contributed by atoms with Gasteiger partial charge in [-0.3, -0.25) is 9.59 Å². The maximum Gasteiger partial charge on any atom is 0.261 e. The van der Waals surface area contributed by atoms with E-state index in [4.69, 9.17) is 0 Å². The Balaban J connectivity index is 1.46. The van der Waals surface area contributed by atoms with E-state index >= 15 is 0 Å². The Kier molecular flexibility index (Phi) is 4.14. The van der Waals surface area contributed by atoms with Crippen molar-refractivity contribution in [1.29, 1.82) is 0 Å². The van der Waals surface area contributed by atoms with E-state index in [0.717, 1.165) is 0 Å². The van der Waals surface area contributed by atoms with E-state index in [9.17, 15) is 9.59 Å². The largest absolute Gasteiger partial charge is 0.320 e. The first kappa shape index (κ1) is 17.5. The molecule has 0 aliphatic heterocycles. The van der Waals surface area contributed by atoms with Crippen LogP contribution in [-0.2, 0) is 0 Å². The van der Waals surface area contributed by atoms with Crippen LogP contribution >= 0.6 is 0 Å². The predicted octanol–water partition coefficient (Wildman–Crippen LogP) is 1.94. The van der Waals surface area contributed by atoms with Gasteiger partial charge in [-0.25, -0.2) is 19.3 Å². The lowest BCUT2D eigenvalue weighted by Gasteiger charge is -2.11. The smallest absolute Gasteiger partial charge is 0.261 e. The number of amides is 1. The molecule has 0 unspecified atom stereocenters. The number of benzene rings is 1. The van der Waals surface area contributed by atoms with E-state index in [0.29, 0.717) is 33.8 Å². The molecular weight excluding hydrogens is 384 g/mol. The van der Waals surface area contributed by atoms with Crippen molar-refractivity contribution in [2.45, 2.75) is 0 Å². The number of anilines is 1. The summed E-state index contributed by atoms with van der Waals surface area (Å²) in [4.78, 5) is 35.7. The van der Waals surface area contributed by atoms with E-state index in [1.807, 2.05) is 6.07 Å². The Bertz CT molecular complexity index is 1400. The van der Waals surface area contributed by atoms with E-state index < -0.39 is 0 Å². The van der Waals surface area contributed by atoms with Crippen molar-refractivity contribution >= 4 is 22.6 Å². The normalized spacial score (nSPS) is 10.9. The van der Waals surface area contributed by atoms with Crippen LogP contribution in [0, 0.1) is 0 Å². The molecule has 2 N–H and O–H groups in total. The van der Waals surface area contributed by atoms with Gasteiger partial charge in [0, 0.05) is 18.6 Å². The fourth-order valence-corrected chi connectivity index (χ4v) is 3.05. The number of rotatable bonds is 4. The number of nitrogens with one attached hydrogen (secondary N) is 2. The molecule has 1 amide bonds. The van der Waals surface area contributed by atoms with E-state index in [2.05, 4.69) is 30.5 Å². The van der Waals surface area contributed by atoms with Crippen LogP contribution in [0.2, 0.25) is 0 Å². The van der Waals surface area contributed by atoms with Crippen molar-refractivity contribution in [2.75, 3.05) is 5.32 Å². The fraction of sp³-hybridized carbons (Fsp3) is 0. The highest BCUT2D eigenvalue weighted by molar-refractivity contribution is 6.05. The quantitative estimate of drug-likeness (QED) is 0.477. The molecule has 0 fully saturated rings. The number of para-hydroxylation sites is 2. The highest BCUT2D eigenvalue weighted by Gasteiger charge is 2.15. The second-order valence-electron chi connectivity index (χ2n) is 6.35. The summed E-state index contributed by atoms with van der Waals surface area (Å²) in [6.45, 7) is 0. The number of hydrogen-bond donors (Lipinski definition) is 2. The molecule has 0 bridgehead atoms. The van der Waals surface area contributed by atoms with Gasteiger partial charge in [0.05, 0.1) is 29.5 Å². The third kappa shape index (κ3) is 3.02. The summed E-state index contributed by atoms with van der Waals surface area (Å²) in [7, 11) is 0. The van der Waals surface area contributed by atoms with Gasteiger partial charge in [-0.2, -0.15) is 10.2 Å². The summed E-state index contributed by atoms with van der Waals surface area (Å²) < 4.78 is 3.12. The number of aromatic amines is 1. The molecule has 1 aromatic carbocycles. The van der Waals surface area contributed by atoms with Crippen molar-refractivity contribution in [2.24, 2.45) is 0 Å². The third-order valence-corrected chi connectivity index (χ3v) is 4.50. The number of H-pyrrole nitrogens is 1. The zero-order valence-corrected chi connectivity index (χ0v) is 15.4. The van der Waals surface area contributed by atoms with Crippen LogP contribution in [0.3, 0.4) is 0 Å². The fourth-order valence-electron chi connectivity index (χ4n) is 3.05. The van der Waals surface area contributed by atoms with Crippen LogP contribution in [0.25, 0.3) is 22.5 Å². The molecule has 0 aliphatic rings. The Morgan fingerprint density at radius 3 is 2.70 bits per heavy atom. The standard InChI is InChI=1S/C20H14N8O2/c29-19(13-6-7-17(21-10-13)27-9-3-8-24-27)26-15-4-1-2-5-16(15)28-18-14(11-25-28)20(30)23-12-22-18/h1-12H,(H,26,29)(H,22,23,30). The molecule has 5 rings (SSSR count). The monoisotopic (exact) mass is 398 g/mol. The number of hydrogen-bond acceptors (Lipinski definition) is 6. The van der Waals surface area contributed by atoms with E-state index in [1.165, 1.54) is 23.4 Å². The first-order chi connectivity index (χ1) is 14.7. The minimum absolute atomic E-state index is 0.281. The molecule has 146 valence electrons. The highest BCUT2D eigenvalue weighted by Crippen LogP contribution is 2.22. The Labute approximate surface area is 168 Å². The zero-order valence-electron chi connectivity index (χ0n) is 15.4. The highest BCUT2D eigenvalue weighted by atomic mass is 16.1. The Morgan fingerprint density at radius 2 is 1.90 bits per heavy atom. The summed E-state index contributed by atoms with van der Waals surface area (Å²) in [6, 6.07) is 12.3. The van der Waals surface area contributed by atoms with Crippen LogP contribution in [-0.4, -0.2) is 40.4 Å². The van der Waals surface area contributed by atoms with Gasteiger partial charge in [0.1, 0.15) is 5.39 Å². The lowest BCUT2D eigenvalue weighted by Crippen LogP contribution is -2.15. The Hall–Kier alpha value is -4.60. The lowest BCUT2D eigenvalue weighted by molar-refractivity contribution is 0.102. The first-order valence-electron chi connectivity index (χ1n) is 8.99. The minimum Gasteiger partial charge on any atom is -0.320 e. The van der Waals surface area contributed by atoms with Crippen LogP contribution in [0.4, 0.5) is 5.69 Å². The van der Waals surface area contributed by atoms with Crippen LogP contribution < -0.4 is 10.9 Å². The number of carbonyl (C=O) groups excluding carboxylic acids is 1. The molecule has 0 spiro atoms. The van der Waals surface area contributed by atoms with Gasteiger partial charge in [-0.1, -0.05) is 12.1 Å². The molecule has 10 nitrogen and oxygen atoms in total. The molecule has 0 aliphatic carbocycles. The number of pyridine rings is 1. The van der Waals surface area contributed by atoms with Gasteiger partial charge in [0.2, 0.25) is 0 Å². The van der Waals surface area contributed by atoms with Gasteiger partial charge in [-0.05, 0) is 30.3 Å². The van der Waals surface area contributed by atoms with Crippen molar-refractivity contribution in [3.63, 3.8) is 0 Å². The van der Waals surface area contributed by atoms with E-state index in [1.54, 1.807) is 53.5 Å². The van der Waals surface area contributed by atoms with Crippen molar-refractivity contribution in [3.05, 3.63) is 89.5 Å². The van der Waals surface area contributed by atoms with Crippen LogP contribution in [0.5, 0.6) is 0 Å². The Morgan fingerprint density at radius 1 is 1.00 bits per heavy atom. The summed E-state index contributed by atoms with van der Waals surface area (Å²) >= 11 is 0. The van der Waals surface area contributed by atoms with Crippen molar-refractivity contribution in [1.82, 2.24) is 34.5 Å². The summed E-state index contributed by atoms with van der Waals surface area (Å²) in [6.07, 6.45) is 7.67. The maximum atomic E-state index is 12.8. The molecular formula is C20H14N8O2. The predicted molar refractivity (Wildman–Crippen MR) is 109 cm³/mol. The average molecular weight is 398 g/mol. The van der Waals surface area contributed by atoms with Crippen LogP contribution in [0.15, 0.2) is 78.4 Å². The van der Waals surface area contributed by atoms with Gasteiger partial charge >= 0.3 is 0 Å². The molecule has 0 atom stereocenters. The molecule has 10 heteroatoms. The maximum absolute atomic E-state index is 12.8. The van der Waals surface area contributed by atoms with Gasteiger partial charge < -0.3 is 10.3 Å². The summed E-state index contributed by atoms with van der Waals surface area (Å²) in [5.41, 5.74) is 1.60.